The molecule has 11 rings (SSSR count). The van der Waals surface area contributed by atoms with Crippen molar-refractivity contribution in [3.05, 3.63) is 231 Å². The highest BCUT2D eigenvalue weighted by Crippen LogP contribution is 2.45. The molecule has 11 aromatic rings. The second-order valence-electron chi connectivity index (χ2n) is 14.9. The lowest BCUT2D eigenvalue weighted by Crippen LogP contribution is -2.11. The molecule has 0 aliphatic carbocycles. The smallest absolute Gasteiger partial charge is 0.0548 e. The molecule has 2 nitrogen and oxygen atoms in total. The number of hydrogen-bond acceptors (Lipinski definition) is 1. The fraction of sp³-hybridized carbons (Fsp3) is 0. The third-order valence-corrected chi connectivity index (χ3v) is 11.6. The summed E-state index contributed by atoms with van der Waals surface area (Å²) in [6.45, 7) is 0. The number of fused-ring (bicyclic) bond motifs is 6. The van der Waals surface area contributed by atoms with Crippen LogP contribution in [0.2, 0.25) is 0 Å². The molecule has 0 bridgehead atoms. The van der Waals surface area contributed by atoms with Gasteiger partial charge in [-0.2, -0.15) is 0 Å². The van der Waals surface area contributed by atoms with Gasteiger partial charge in [-0.05, 0) is 92.7 Å². The van der Waals surface area contributed by atoms with Crippen LogP contribution < -0.4 is 4.90 Å². The summed E-state index contributed by atoms with van der Waals surface area (Å²) in [5, 5.41) is 7.41. The molecule has 0 spiro atoms. The van der Waals surface area contributed by atoms with Crippen LogP contribution in [0.4, 0.5) is 17.1 Å². The highest BCUT2D eigenvalue weighted by molar-refractivity contribution is 6.25. The molecular formula is C56H38N2. The third-order valence-electron chi connectivity index (χ3n) is 11.6. The van der Waals surface area contributed by atoms with Crippen molar-refractivity contribution < 1.29 is 0 Å². The molecule has 1 aromatic heterocycles. The van der Waals surface area contributed by atoms with Gasteiger partial charge >= 0.3 is 0 Å². The summed E-state index contributed by atoms with van der Waals surface area (Å²) in [6, 6.07) is 83.6. The maximum absolute atomic E-state index is 2.48. The minimum Gasteiger partial charge on any atom is -0.310 e. The molecule has 272 valence electrons. The van der Waals surface area contributed by atoms with Crippen LogP contribution >= 0.6 is 0 Å². The molecule has 1 heterocycles. The Hall–Kier alpha value is -7.68. The number of hydrogen-bond donors (Lipinski definition) is 0. The van der Waals surface area contributed by atoms with Gasteiger partial charge in [0.05, 0.1) is 22.4 Å². The van der Waals surface area contributed by atoms with Gasteiger partial charge in [0.2, 0.25) is 0 Å². The maximum Gasteiger partial charge on any atom is 0.0548 e. The zero-order valence-electron chi connectivity index (χ0n) is 31.8. The van der Waals surface area contributed by atoms with Crippen molar-refractivity contribution in [2.45, 2.75) is 0 Å². The van der Waals surface area contributed by atoms with Gasteiger partial charge in [-0.3, -0.25) is 0 Å². The van der Waals surface area contributed by atoms with Crippen molar-refractivity contribution in [2.75, 3.05) is 4.90 Å². The van der Waals surface area contributed by atoms with Crippen LogP contribution in [0.25, 0.3) is 82.4 Å². The van der Waals surface area contributed by atoms with Crippen molar-refractivity contribution in [1.82, 2.24) is 4.57 Å². The summed E-state index contributed by atoms with van der Waals surface area (Å²) < 4.78 is 2.48. The van der Waals surface area contributed by atoms with Crippen molar-refractivity contribution in [2.24, 2.45) is 0 Å². The molecule has 0 saturated carbocycles. The molecule has 0 unspecified atom stereocenters. The van der Waals surface area contributed by atoms with E-state index in [1.54, 1.807) is 0 Å². The van der Waals surface area contributed by atoms with E-state index >= 15 is 0 Å². The Morgan fingerprint density at radius 1 is 0.293 bits per heavy atom. The standard InChI is InChI=1S/C56H38N2/c1-4-15-39(16-5-1)41-27-32-45(33-28-41)57(46-34-29-42(30-35-46)40-17-6-2-7-18-40)52-37-38-53(49-23-11-10-22-48(49)52)58-51-26-13-12-24-50(51)56-54(58)36-31-44-21-14-25-47(55(44)56)43-19-8-3-9-20-43/h1-38H. The zero-order valence-corrected chi connectivity index (χ0v) is 31.8. The molecule has 58 heavy (non-hydrogen) atoms. The van der Waals surface area contributed by atoms with Gasteiger partial charge in [-0.1, -0.05) is 182 Å². The van der Waals surface area contributed by atoms with Crippen LogP contribution in [0.3, 0.4) is 0 Å². The first kappa shape index (κ1) is 33.6. The van der Waals surface area contributed by atoms with Crippen molar-refractivity contribution in [1.29, 1.82) is 0 Å². The molecule has 0 saturated heterocycles. The highest BCUT2D eigenvalue weighted by Gasteiger charge is 2.21. The molecule has 0 fully saturated rings. The molecule has 0 N–H and O–H groups in total. The van der Waals surface area contributed by atoms with Crippen molar-refractivity contribution in [3.63, 3.8) is 0 Å². The van der Waals surface area contributed by atoms with Crippen LogP contribution in [0.1, 0.15) is 0 Å². The summed E-state index contributed by atoms with van der Waals surface area (Å²) in [5.74, 6) is 0. The number of rotatable bonds is 7. The van der Waals surface area contributed by atoms with E-state index < -0.39 is 0 Å². The summed E-state index contributed by atoms with van der Waals surface area (Å²) in [7, 11) is 0. The number of para-hydroxylation sites is 1. The van der Waals surface area contributed by atoms with E-state index in [0.29, 0.717) is 0 Å². The van der Waals surface area contributed by atoms with Gasteiger partial charge < -0.3 is 9.47 Å². The van der Waals surface area contributed by atoms with E-state index in [1.165, 1.54) is 76.7 Å². The first-order valence-electron chi connectivity index (χ1n) is 19.9. The number of benzene rings is 10. The third kappa shape index (κ3) is 5.66. The topological polar surface area (TPSA) is 8.17 Å². The second kappa shape index (κ2) is 14.1. The average molecular weight is 739 g/mol. The van der Waals surface area contributed by atoms with Gasteiger partial charge in [0.15, 0.2) is 0 Å². The SMILES string of the molecule is c1ccc(-c2ccc(N(c3ccc(-c4ccccc4)cc3)c3ccc(-n4c5ccccc5c5c6c(-c7ccccc7)cccc6ccc54)c4ccccc34)cc2)cc1. The Morgan fingerprint density at radius 2 is 0.810 bits per heavy atom. The fourth-order valence-electron chi connectivity index (χ4n) is 8.91. The van der Waals surface area contributed by atoms with E-state index in [-0.39, 0.29) is 0 Å². The van der Waals surface area contributed by atoms with Gasteiger partial charge in [0, 0.05) is 32.9 Å². The first-order valence-corrected chi connectivity index (χ1v) is 19.9. The zero-order chi connectivity index (χ0) is 38.4. The summed E-state index contributed by atoms with van der Waals surface area (Å²) in [5.41, 5.74) is 14.1. The Balaban J connectivity index is 1.13. The van der Waals surface area contributed by atoms with Gasteiger partial charge in [0.1, 0.15) is 0 Å². The number of aromatic nitrogens is 1. The summed E-state index contributed by atoms with van der Waals surface area (Å²) in [6.07, 6.45) is 0. The number of nitrogens with zero attached hydrogens (tertiary/aromatic N) is 2. The predicted octanol–water partition coefficient (Wildman–Crippen LogP) is 15.6. The van der Waals surface area contributed by atoms with Crippen LogP contribution in [-0.2, 0) is 0 Å². The van der Waals surface area contributed by atoms with E-state index in [4.69, 9.17) is 0 Å². The van der Waals surface area contributed by atoms with E-state index in [2.05, 4.69) is 240 Å². The van der Waals surface area contributed by atoms with Crippen LogP contribution in [-0.4, -0.2) is 4.57 Å². The predicted molar refractivity (Wildman–Crippen MR) is 247 cm³/mol. The lowest BCUT2D eigenvalue weighted by atomic mass is 9.94. The Morgan fingerprint density at radius 3 is 1.43 bits per heavy atom. The van der Waals surface area contributed by atoms with E-state index in [9.17, 15) is 0 Å². The maximum atomic E-state index is 2.48. The quantitative estimate of drug-likeness (QED) is 0.158. The minimum atomic E-state index is 1.10. The van der Waals surface area contributed by atoms with Gasteiger partial charge in [-0.25, -0.2) is 0 Å². The molecule has 2 heteroatoms. The molecule has 0 radical (unpaired) electrons. The van der Waals surface area contributed by atoms with Crippen molar-refractivity contribution >= 4 is 60.4 Å². The molecular weight excluding hydrogens is 701 g/mol. The molecule has 0 atom stereocenters. The average Bonchev–Trinajstić information content (AvgIpc) is 3.65. The Kier molecular flexibility index (Phi) is 8.19. The summed E-state index contributed by atoms with van der Waals surface area (Å²) in [4.78, 5) is 2.40. The van der Waals surface area contributed by atoms with Crippen molar-refractivity contribution in [3.8, 4) is 39.1 Å². The minimum absolute atomic E-state index is 1.10. The molecule has 10 aromatic carbocycles. The van der Waals surface area contributed by atoms with Crippen LogP contribution in [0.15, 0.2) is 231 Å². The monoisotopic (exact) mass is 738 g/mol. The largest absolute Gasteiger partial charge is 0.310 e. The van der Waals surface area contributed by atoms with Gasteiger partial charge in [-0.15, -0.1) is 0 Å². The Labute approximate surface area is 338 Å². The van der Waals surface area contributed by atoms with Crippen LogP contribution in [0, 0.1) is 0 Å². The number of anilines is 3. The lowest BCUT2D eigenvalue weighted by molar-refractivity contribution is 1.19. The highest BCUT2D eigenvalue weighted by atomic mass is 15.1. The molecule has 0 amide bonds. The molecule has 0 aliphatic heterocycles. The lowest BCUT2D eigenvalue weighted by Gasteiger charge is -2.28. The first-order chi connectivity index (χ1) is 28.8. The summed E-state index contributed by atoms with van der Waals surface area (Å²) >= 11 is 0. The van der Waals surface area contributed by atoms with Crippen LogP contribution in [0.5, 0.6) is 0 Å². The molecule has 0 aliphatic rings. The second-order valence-corrected chi connectivity index (χ2v) is 14.9. The van der Waals surface area contributed by atoms with E-state index in [0.717, 1.165) is 22.7 Å². The van der Waals surface area contributed by atoms with E-state index in [1.807, 2.05) is 0 Å². The Bertz CT molecular complexity index is 3150. The van der Waals surface area contributed by atoms with Gasteiger partial charge in [0.25, 0.3) is 0 Å². The normalized spacial score (nSPS) is 11.4. The fourth-order valence-corrected chi connectivity index (χ4v) is 8.91.